The Bertz CT molecular complexity index is 1040. The SMILES string of the molecule is Cc1cccc(C)c1NC(=O)C(c1ccccc1)N(C(=O)C(NC(=O)OC(C)(C)C)C(C)C)C(C)C. The smallest absolute Gasteiger partial charge is 0.408 e. The second-order valence-corrected chi connectivity index (χ2v) is 10.8. The maximum Gasteiger partial charge on any atom is 0.408 e. The predicted octanol–water partition coefficient (Wildman–Crippen LogP) is 5.77. The van der Waals surface area contributed by atoms with Gasteiger partial charge in [0.2, 0.25) is 5.91 Å². The first-order valence-corrected chi connectivity index (χ1v) is 12.5. The Morgan fingerprint density at radius 3 is 1.89 bits per heavy atom. The van der Waals surface area contributed by atoms with Crippen LogP contribution in [-0.2, 0) is 14.3 Å². The lowest BCUT2D eigenvalue weighted by molar-refractivity contribution is -0.143. The number of para-hydroxylation sites is 1. The topological polar surface area (TPSA) is 87.7 Å². The first-order valence-electron chi connectivity index (χ1n) is 12.5. The van der Waals surface area contributed by atoms with Gasteiger partial charge in [0.05, 0.1) is 0 Å². The molecule has 0 aliphatic carbocycles. The number of rotatable bonds is 8. The van der Waals surface area contributed by atoms with Gasteiger partial charge in [0.1, 0.15) is 17.7 Å². The van der Waals surface area contributed by atoms with Gasteiger partial charge in [-0.15, -0.1) is 0 Å². The van der Waals surface area contributed by atoms with Crippen LogP contribution in [0.25, 0.3) is 0 Å². The van der Waals surface area contributed by atoms with Crippen LogP contribution in [0.15, 0.2) is 48.5 Å². The number of anilines is 1. The number of carbonyl (C=O) groups excluding carboxylic acids is 3. The normalized spacial score (nSPS) is 13.2. The molecule has 2 N–H and O–H groups in total. The second-order valence-electron chi connectivity index (χ2n) is 10.8. The number of nitrogens with zero attached hydrogens (tertiary/aromatic N) is 1. The number of nitrogens with one attached hydrogen (secondary N) is 2. The third kappa shape index (κ3) is 7.57. The van der Waals surface area contributed by atoms with Crippen LogP contribution in [-0.4, -0.2) is 40.5 Å². The Morgan fingerprint density at radius 1 is 0.861 bits per heavy atom. The van der Waals surface area contributed by atoms with E-state index in [9.17, 15) is 14.4 Å². The van der Waals surface area contributed by atoms with Gasteiger partial charge in [-0.25, -0.2) is 4.79 Å². The summed E-state index contributed by atoms with van der Waals surface area (Å²) < 4.78 is 5.41. The van der Waals surface area contributed by atoms with Gasteiger partial charge >= 0.3 is 6.09 Å². The summed E-state index contributed by atoms with van der Waals surface area (Å²) >= 11 is 0. The van der Waals surface area contributed by atoms with Crippen LogP contribution in [0.3, 0.4) is 0 Å². The molecule has 0 heterocycles. The first kappa shape index (κ1) is 28.9. The van der Waals surface area contributed by atoms with Gasteiger partial charge in [0.15, 0.2) is 0 Å². The van der Waals surface area contributed by atoms with Crippen molar-refractivity contribution in [2.45, 2.75) is 86.0 Å². The van der Waals surface area contributed by atoms with Crippen molar-refractivity contribution in [1.29, 1.82) is 0 Å². The molecular weight excluding hydrogens is 454 g/mol. The number of benzene rings is 2. The van der Waals surface area contributed by atoms with E-state index in [4.69, 9.17) is 4.74 Å². The molecule has 196 valence electrons. The Hall–Kier alpha value is -3.35. The summed E-state index contributed by atoms with van der Waals surface area (Å²) in [6.45, 7) is 16.6. The average molecular weight is 496 g/mol. The standard InChI is InChI=1S/C29H41N3O4/c1-18(2)23(31-28(35)36-29(7,8)9)27(34)32(19(3)4)25(22-16-11-10-12-17-22)26(33)30-24-20(5)14-13-15-21(24)6/h10-19,23,25H,1-9H3,(H,30,33)(H,31,35). The minimum Gasteiger partial charge on any atom is -0.444 e. The van der Waals surface area contributed by atoms with E-state index in [1.807, 2.05) is 90.1 Å². The monoisotopic (exact) mass is 495 g/mol. The molecule has 36 heavy (non-hydrogen) atoms. The van der Waals surface area contributed by atoms with Gasteiger partial charge in [-0.2, -0.15) is 0 Å². The molecule has 0 bridgehead atoms. The zero-order valence-corrected chi connectivity index (χ0v) is 23.0. The lowest BCUT2D eigenvalue weighted by atomic mass is 9.97. The quantitative estimate of drug-likeness (QED) is 0.487. The van der Waals surface area contributed by atoms with Crippen LogP contribution in [0, 0.1) is 19.8 Å². The van der Waals surface area contributed by atoms with E-state index in [-0.39, 0.29) is 23.8 Å². The van der Waals surface area contributed by atoms with Crippen molar-refractivity contribution in [3.8, 4) is 0 Å². The lowest BCUT2D eigenvalue weighted by Crippen LogP contribution is -2.56. The summed E-state index contributed by atoms with van der Waals surface area (Å²) in [7, 11) is 0. The fraction of sp³-hybridized carbons (Fsp3) is 0.483. The molecule has 2 atom stereocenters. The molecule has 2 rings (SSSR count). The molecule has 2 unspecified atom stereocenters. The van der Waals surface area contributed by atoms with Crippen molar-refractivity contribution in [3.05, 3.63) is 65.2 Å². The third-order valence-corrected chi connectivity index (χ3v) is 5.79. The van der Waals surface area contributed by atoms with Gasteiger partial charge in [-0.3, -0.25) is 9.59 Å². The summed E-state index contributed by atoms with van der Waals surface area (Å²) in [5.74, 6) is -0.902. The Morgan fingerprint density at radius 2 is 1.42 bits per heavy atom. The minimum atomic E-state index is -0.903. The molecule has 7 nitrogen and oxygen atoms in total. The maximum atomic E-state index is 14.0. The van der Waals surface area contributed by atoms with E-state index >= 15 is 0 Å². The summed E-state index contributed by atoms with van der Waals surface area (Å²) in [5.41, 5.74) is 2.58. The van der Waals surface area contributed by atoms with Gasteiger partial charge in [0, 0.05) is 11.7 Å². The molecule has 0 aliphatic heterocycles. The Balaban J connectivity index is 2.50. The molecule has 2 aromatic rings. The molecular formula is C29H41N3O4. The van der Waals surface area contributed by atoms with Crippen LogP contribution in [0.5, 0.6) is 0 Å². The molecule has 0 radical (unpaired) electrons. The fourth-order valence-electron chi connectivity index (χ4n) is 4.07. The van der Waals surface area contributed by atoms with Crippen molar-refractivity contribution >= 4 is 23.6 Å². The summed E-state index contributed by atoms with van der Waals surface area (Å²) in [6.07, 6.45) is -0.672. The number of hydrogen-bond donors (Lipinski definition) is 2. The highest BCUT2D eigenvalue weighted by Gasteiger charge is 2.39. The highest BCUT2D eigenvalue weighted by Crippen LogP contribution is 2.29. The van der Waals surface area contributed by atoms with Gasteiger partial charge in [0.25, 0.3) is 5.91 Å². The van der Waals surface area contributed by atoms with E-state index in [0.29, 0.717) is 5.56 Å². The third-order valence-electron chi connectivity index (χ3n) is 5.79. The summed E-state index contributed by atoms with van der Waals surface area (Å²) in [5, 5.41) is 5.80. The first-order chi connectivity index (χ1) is 16.7. The molecule has 0 spiro atoms. The van der Waals surface area contributed by atoms with Gasteiger partial charge in [-0.1, -0.05) is 62.4 Å². The fourth-order valence-corrected chi connectivity index (χ4v) is 4.07. The molecule has 0 saturated heterocycles. The molecule has 2 aromatic carbocycles. The number of ether oxygens (including phenoxy) is 1. The maximum absolute atomic E-state index is 14.0. The molecule has 0 saturated carbocycles. The van der Waals surface area contributed by atoms with Gasteiger partial charge in [-0.05, 0) is 71.1 Å². The predicted molar refractivity (Wildman–Crippen MR) is 144 cm³/mol. The lowest BCUT2D eigenvalue weighted by Gasteiger charge is -2.38. The van der Waals surface area contributed by atoms with Crippen molar-refractivity contribution in [1.82, 2.24) is 10.2 Å². The van der Waals surface area contributed by atoms with E-state index in [1.54, 1.807) is 25.7 Å². The van der Waals surface area contributed by atoms with Crippen LogP contribution in [0.4, 0.5) is 10.5 Å². The van der Waals surface area contributed by atoms with Crippen molar-refractivity contribution in [3.63, 3.8) is 0 Å². The molecule has 0 aromatic heterocycles. The largest absolute Gasteiger partial charge is 0.444 e. The van der Waals surface area contributed by atoms with E-state index in [1.165, 1.54) is 0 Å². The van der Waals surface area contributed by atoms with Crippen LogP contribution >= 0.6 is 0 Å². The van der Waals surface area contributed by atoms with E-state index in [0.717, 1.165) is 16.8 Å². The molecule has 0 fully saturated rings. The van der Waals surface area contributed by atoms with Gasteiger partial charge < -0.3 is 20.3 Å². The summed E-state index contributed by atoms with van der Waals surface area (Å²) in [4.78, 5) is 42.0. The highest BCUT2D eigenvalue weighted by molar-refractivity contribution is 6.00. The average Bonchev–Trinajstić information content (AvgIpc) is 2.76. The Labute approximate surface area is 215 Å². The number of alkyl carbamates (subject to hydrolysis) is 1. The zero-order valence-electron chi connectivity index (χ0n) is 23.0. The number of hydrogen-bond acceptors (Lipinski definition) is 4. The number of carbonyl (C=O) groups is 3. The molecule has 7 heteroatoms. The van der Waals surface area contributed by atoms with E-state index < -0.39 is 23.8 Å². The van der Waals surface area contributed by atoms with Crippen LogP contribution in [0.1, 0.15) is 71.2 Å². The van der Waals surface area contributed by atoms with Crippen molar-refractivity contribution in [2.75, 3.05) is 5.32 Å². The van der Waals surface area contributed by atoms with Crippen LogP contribution in [0.2, 0.25) is 0 Å². The van der Waals surface area contributed by atoms with Crippen LogP contribution < -0.4 is 10.6 Å². The number of aryl methyl sites for hydroxylation is 2. The second kappa shape index (κ2) is 12.1. The molecule has 0 aliphatic rings. The van der Waals surface area contributed by atoms with E-state index in [2.05, 4.69) is 10.6 Å². The van der Waals surface area contributed by atoms with Crippen molar-refractivity contribution in [2.24, 2.45) is 5.92 Å². The number of amides is 3. The Kier molecular flexibility index (Phi) is 9.68. The minimum absolute atomic E-state index is 0.232. The molecule has 3 amide bonds. The summed E-state index contributed by atoms with van der Waals surface area (Å²) in [6, 6.07) is 12.9. The highest BCUT2D eigenvalue weighted by atomic mass is 16.6. The van der Waals surface area contributed by atoms with Crippen molar-refractivity contribution < 1.29 is 19.1 Å². The zero-order chi connectivity index (χ0) is 27.2.